The third-order valence-corrected chi connectivity index (χ3v) is 5.25. The number of carbonyl (C=O) groups is 1. The Morgan fingerprint density at radius 1 is 1.29 bits per heavy atom. The Hall–Kier alpha value is -2.69. The zero-order chi connectivity index (χ0) is 20.1. The number of nitrogens with one attached hydrogen (secondary N) is 1. The molecule has 0 radical (unpaired) electrons. The third kappa shape index (κ3) is 4.77. The van der Waals surface area contributed by atoms with E-state index in [0.717, 1.165) is 24.5 Å². The van der Waals surface area contributed by atoms with E-state index in [1.54, 1.807) is 6.20 Å². The van der Waals surface area contributed by atoms with Crippen LogP contribution in [0.5, 0.6) is 5.75 Å². The Morgan fingerprint density at radius 2 is 2.04 bits per heavy atom. The Bertz CT molecular complexity index is 958. The number of rotatable bonds is 6. The summed E-state index contributed by atoms with van der Waals surface area (Å²) in [7, 11) is -2.53. The number of hydrogen-bond donors (Lipinski definition) is 2. The van der Waals surface area contributed by atoms with Crippen LogP contribution in [0.3, 0.4) is 0 Å². The lowest BCUT2D eigenvalue weighted by Gasteiger charge is -2.28. The molecular formula is C18H22N4O5S. The molecule has 0 spiro atoms. The van der Waals surface area contributed by atoms with Crippen molar-refractivity contribution in [3.8, 4) is 5.75 Å². The van der Waals surface area contributed by atoms with Gasteiger partial charge in [0.2, 0.25) is 10.0 Å². The maximum Gasteiger partial charge on any atom is 0.255 e. The van der Waals surface area contributed by atoms with Gasteiger partial charge in [-0.1, -0.05) is 0 Å². The van der Waals surface area contributed by atoms with Crippen LogP contribution in [0.1, 0.15) is 15.9 Å². The lowest BCUT2D eigenvalue weighted by Crippen LogP contribution is -2.36. The molecule has 3 N–H and O–H groups in total. The van der Waals surface area contributed by atoms with Crippen LogP contribution in [-0.4, -0.2) is 52.7 Å². The molecule has 9 nitrogen and oxygen atoms in total. The molecule has 1 aromatic carbocycles. The summed E-state index contributed by atoms with van der Waals surface area (Å²) in [5.74, 6) is 0.615. The normalized spacial score (nSPS) is 14.6. The molecule has 1 aromatic heterocycles. The van der Waals surface area contributed by atoms with Crippen molar-refractivity contribution in [3.63, 3.8) is 0 Å². The number of hydrogen-bond acceptors (Lipinski definition) is 7. The third-order valence-electron chi connectivity index (χ3n) is 4.34. The highest BCUT2D eigenvalue weighted by atomic mass is 32.2. The molecule has 1 fully saturated rings. The van der Waals surface area contributed by atoms with E-state index in [4.69, 9.17) is 14.6 Å². The van der Waals surface area contributed by atoms with Crippen LogP contribution in [0.15, 0.2) is 41.4 Å². The minimum absolute atomic E-state index is 0.0940. The summed E-state index contributed by atoms with van der Waals surface area (Å²) >= 11 is 0. The smallest absolute Gasteiger partial charge is 0.255 e. The highest BCUT2D eigenvalue weighted by Crippen LogP contribution is 2.22. The number of aromatic nitrogens is 1. The molecule has 1 aliphatic rings. The van der Waals surface area contributed by atoms with Crippen molar-refractivity contribution in [2.45, 2.75) is 11.4 Å². The number of ether oxygens (including phenoxy) is 2. The molecule has 1 amide bonds. The van der Waals surface area contributed by atoms with Crippen LogP contribution >= 0.6 is 0 Å². The van der Waals surface area contributed by atoms with Gasteiger partial charge in [-0.3, -0.25) is 4.79 Å². The summed E-state index contributed by atoms with van der Waals surface area (Å²) in [6, 6.07) is 7.61. The lowest BCUT2D eigenvalue weighted by atomic mass is 10.1. The molecule has 1 aliphatic heterocycles. The second-order valence-corrected chi connectivity index (χ2v) is 7.77. The van der Waals surface area contributed by atoms with E-state index in [0.29, 0.717) is 13.2 Å². The number of sulfonamides is 1. The second-order valence-electron chi connectivity index (χ2n) is 6.21. The molecule has 0 bridgehead atoms. The predicted octanol–water partition coefficient (Wildman–Crippen LogP) is 0.504. The van der Waals surface area contributed by atoms with Gasteiger partial charge in [-0.15, -0.1) is 0 Å². The van der Waals surface area contributed by atoms with Gasteiger partial charge in [0.05, 0.1) is 30.8 Å². The molecule has 2 heterocycles. The number of nitrogens with zero attached hydrogens (tertiary/aromatic N) is 2. The Morgan fingerprint density at radius 3 is 2.71 bits per heavy atom. The van der Waals surface area contributed by atoms with Crippen LogP contribution in [0.4, 0.5) is 5.82 Å². The van der Waals surface area contributed by atoms with Crippen molar-refractivity contribution >= 4 is 21.7 Å². The van der Waals surface area contributed by atoms with E-state index in [2.05, 4.69) is 15.2 Å². The minimum atomic E-state index is -3.93. The van der Waals surface area contributed by atoms with Gasteiger partial charge in [0.15, 0.2) is 0 Å². The SMILES string of the molecule is COc1ccc(S(N)(=O)=O)cc1C(=O)NCc1ccnc(N2CCOCC2)c1. The lowest BCUT2D eigenvalue weighted by molar-refractivity contribution is 0.0947. The molecule has 2 aromatic rings. The van der Waals surface area contributed by atoms with Crippen LogP contribution in [0, 0.1) is 0 Å². The fourth-order valence-electron chi connectivity index (χ4n) is 2.85. The number of amides is 1. The van der Waals surface area contributed by atoms with E-state index in [-0.39, 0.29) is 22.8 Å². The van der Waals surface area contributed by atoms with Gasteiger partial charge in [0.25, 0.3) is 5.91 Å². The summed E-state index contributed by atoms with van der Waals surface area (Å²) in [5, 5.41) is 7.92. The van der Waals surface area contributed by atoms with Crippen LogP contribution in [0.2, 0.25) is 0 Å². The number of anilines is 1. The first kappa shape index (κ1) is 20.1. The number of morpholine rings is 1. The van der Waals surface area contributed by atoms with Crippen molar-refractivity contribution < 1.29 is 22.7 Å². The first-order valence-corrected chi connectivity index (χ1v) is 10.2. The summed E-state index contributed by atoms with van der Waals surface area (Å²) in [6.45, 7) is 3.09. The maximum atomic E-state index is 12.6. The van der Waals surface area contributed by atoms with Crippen LogP contribution in [0.25, 0.3) is 0 Å². The molecule has 150 valence electrons. The number of carbonyl (C=O) groups excluding carboxylic acids is 1. The summed E-state index contributed by atoms with van der Waals surface area (Å²) in [4.78, 5) is 18.9. The van der Waals surface area contributed by atoms with E-state index in [1.165, 1.54) is 25.3 Å². The van der Waals surface area contributed by atoms with E-state index < -0.39 is 15.9 Å². The Labute approximate surface area is 163 Å². The van der Waals surface area contributed by atoms with Gasteiger partial charge in [-0.05, 0) is 35.9 Å². The summed E-state index contributed by atoms with van der Waals surface area (Å²) in [6.07, 6.45) is 1.69. The first-order valence-electron chi connectivity index (χ1n) is 8.65. The van der Waals surface area contributed by atoms with Crippen LogP contribution in [-0.2, 0) is 21.3 Å². The van der Waals surface area contributed by atoms with Gasteiger partial charge in [-0.2, -0.15) is 0 Å². The Kier molecular flexibility index (Phi) is 6.12. The molecule has 0 unspecified atom stereocenters. The van der Waals surface area contributed by atoms with Gasteiger partial charge >= 0.3 is 0 Å². The van der Waals surface area contributed by atoms with E-state index in [1.807, 2.05) is 12.1 Å². The fraction of sp³-hybridized carbons (Fsp3) is 0.333. The number of benzene rings is 1. The number of primary sulfonamides is 1. The zero-order valence-corrected chi connectivity index (χ0v) is 16.2. The number of methoxy groups -OCH3 is 1. The molecular weight excluding hydrogens is 384 g/mol. The molecule has 28 heavy (non-hydrogen) atoms. The van der Waals surface area contributed by atoms with Gasteiger partial charge < -0.3 is 19.7 Å². The predicted molar refractivity (Wildman–Crippen MR) is 103 cm³/mol. The molecule has 0 atom stereocenters. The number of pyridine rings is 1. The Balaban J connectivity index is 1.74. The maximum absolute atomic E-state index is 12.6. The second kappa shape index (κ2) is 8.55. The van der Waals surface area contributed by atoms with Crippen molar-refractivity contribution in [1.82, 2.24) is 10.3 Å². The average molecular weight is 406 g/mol. The summed E-state index contributed by atoms with van der Waals surface area (Å²) < 4.78 is 33.6. The average Bonchev–Trinajstić information content (AvgIpc) is 2.71. The fourth-order valence-corrected chi connectivity index (χ4v) is 3.39. The molecule has 0 saturated carbocycles. The van der Waals surface area contributed by atoms with Crippen LogP contribution < -0.4 is 20.1 Å². The number of nitrogens with two attached hydrogens (primary N) is 1. The monoisotopic (exact) mass is 406 g/mol. The zero-order valence-electron chi connectivity index (χ0n) is 15.4. The van der Waals surface area contributed by atoms with Gasteiger partial charge in [0.1, 0.15) is 11.6 Å². The highest BCUT2D eigenvalue weighted by Gasteiger charge is 2.18. The molecule has 1 saturated heterocycles. The van der Waals surface area contributed by atoms with Crippen molar-refractivity contribution in [3.05, 3.63) is 47.7 Å². The summed E-state index contributed by atoms with van der Waals surface area (Å²) in [5.41, 5.74) is 0.961. The highest BCUT2D eigenvalue weighted by molar-refractivity contribution is 7.89. The van der Waals surface area contributed by atoms with E-state index >= 15 is 0 Å². The quantitative estimate of drug-likeness (QED) is 0.716. The van der Waals surface area contributed by atoms with Crippen molar-refractivity contribution in [2.24, 2.45) is 5.14 Å². The van der Waals surface area contributed by atoms with Gasteiger partial charge in [0, 0.05) is 25.8 Å². The van der Waals surface area contributed by atoms with Crippen molar-refractivity contribution in [2.75, 3.05) is 38.3 Å². The molecule has 3 rings (SSSR count). The molecule has 10 heteroatoms. The standard InChI is InChI=1S/C18H22N4O5S/c1-26-16-3-2-14(28(19,24)25)11-15(16)18(23)21-12-13-4-5-20-17(10-13)22-6-8-27-9-7-22/h2-5,10-11H,6-9,12H2,1H3,(H,21,23)(H2,19,24,25). The van der Waals surface area contributed by atoms with Crippen molar-refractivity contribution in [1.29, 1.82) is 0 Å². The minimum Gasteiger partial charge on any atom is -0.496 e. The largest absolute Gasteiger partial charge is 0.496 e. The molecule has 0 aliphatic carbocycles. The van der Waals surface area contributed by atoms with E-state index in [9.17, 15) is 13.2 Å². The first-order chi connectivity index (χ1) is 13.4. The topological polar surface area (TPSA) is 124 Å². The van der Waals surface area contributed by atoms with Gasteiger partial charge in [-0.25, -0.2) is 18.5 Å².